The van der Waals surface area contributed by atoms with Crippen LogP contribution in [0.5, 0.6) is 0 Å². The number of nitrogens with zero attached hydrogens (tertiary/aromatic N) is 1. The number of nitrogens with one attached hydrogen (secondary N) is 1. The predicted molar refractivity (Wildman–Crippen MR) is 96.4 cm³/mol. The summed E-state index contributed by atoms with van der Waals surface area (Å²) in [5, 5.41) is 3.51. The number of carbonyl (C=O) groups excluding carboxylic acids is 1. The smallest absolute Gasteiger partial charge is 0.237 e. The Labute approximate surface area is 145 Å². The average molecular weight is 326 g/mol. The van der Waals surface area contributed by atoms with Crippen LogP contribution in [-0.2, 0) is 11.3 Å². The molecule has 4 fully saturated rings. The Balaban J connectivity index is 1.39. The van der Waals surface area contributed by atoms with Crippen LogP contribution in [0.25, 0.3) is 0 Å². The van der Waals surface area contributed by atoms with Crippen molar-refractivity contribution < 1.29 is 4.79 Å². The van der Waals surface area contributed by atoms with Crippen molar-refractivity contribution in [3.8, 4) is 0 Å². The molecular formula is C21H30N2O. The summed E-state index contributed by atoms with van der Waals surface area (Å²) in [4.78, 5) is 15.1. The fourth-order valence-corrected chi connectivity index (χ4v) is 5.84. The van der Waals surface area contributed by atoms with E-state index in [0.29, 0.717) is 0 Å². The van der Waals surface area contributed by atoms with Crippen molar-refractivity contribution in [2.24, 2.45) is 17.8 Å². The maximum atomic E-state index is 12.9. The van der Waals surface area contributed by atoms with Crippen molar-refractivity contribution in [3.05, 3.63) is 35.9 Å². The highest BCUT2D eigenvalue weighted by Gasteiger charge is 2.51. The van der Waals surface area contributed by atoms with Gasteiger partial charge in [-0.05, 0) is 75.8 Å². The van der Waals surface area contributed by atoms with E-state index in [1.54, 1.807) is 0 Å². The number of hydrogen-bond donors (Lipinski definition) is 1. The normalized spacial score (nSPS) is 35.2. The van der Waals surface area contributed by atoms with Crippen LogP contribution >= 0.6 is 0 Å². The second-order valence-corrected chi connectivity index (χ2v) is 8.76. The zero-order valence-electron chi connectivity index (χ0n) is 15.0. The fraction of sp³-hybridized carbons (Fsp3) is 0.667. The van der Waals surface area contributed by atoms with E-state index in [9.17, 15) is 4.79 Å². The van der Waals surface area contributed by atoms with Crippen LogP contribution in [0.2, 0.25) is 0 Å². The van der Waals surface area contributed by atoms with Gasteiger partial charge in [-0.1, -0.05) is 30.3 Å². The third-order valence-corrected chi connectivity index (χ3v) is 6.74. The Kier molecular flexibility index (Phi) is 4.16. The molecule has 1 N–H and O–H groups in total. The van der Waals surface area contributed by atoms with Crippen LogP contribution < -0.4 is 5.32 Å². The molecule has 0 unspecified atom stereocenters. The van der Waals surface area contributed by atoms with E-state index < -0.39 is 0 Å². The van der Waals surface area contributed by atoms with E-state index in [-0.39, 0.29) is 17.5 Å². The van der Waals surface area contributed by atoms with Crippen LogP contribution in [-0.4, -0.2) is 29.4 Å². The third-order valence-electron chi connectivity index (χ3n) is 6.74. The third kappa shape index (κ3) is 3.11. The molecule has 0 saturated heterocycles. The molecule has 3 heteroatoms. The molecule has 4 saturated carbocycles. The van der Waals surface area contributed by atoms with E-state index in [1.807, 2.05) is 13.0 Å². The molecule has 0 aliphatic heterocycles. The first-order chi connectivity index (χ1) is 11.5. The minimum atomic E-state index is -0.0850. The second-order valence-electron chi connectivity index (χ2n) is 8.76. The highest BCUT2D eigenvalue weighted by Crippen LogP contribution is 2.55. The molecule has 4 aliphatic rings. The van der Waals surface area contributed by atoms with E-state index in [1.165, 1.54) is 44.1 Å². The monoisotopic (exact) mass is 326 g/mol. The zero-order chi connectivity index (χ0) is 16.7. The molecule has 24 heavy (non-hydrogen) atoms. The fourth-order valence-electron chi connectivity index (χ4n) is 5.84. The van der Waals surface area contributed by atoms with Gasteiger partial charge in [0.05, 0.1) is 6.04 Å². The number of benzene rings is 1. The van der Waals surface area contributed by atoms with E-state index in [0.717, 1.165) is 24.3 Å². The topological polar surface area (TPSA) is 32.3 Å². The summed E-state index contributed by atoms with van der Waals surface area (Å²) in [6, 6.07) is 10.3. The Bertz CT molecular complexity index is 562. The van der Waals surface area contributed by atoms with Crippen LogP contribution in [0.1, 0.15) is 51.0 Å². The number of likely N-dealkylation sites (N-methyl/N-ethyl adjacent to an activating group) is 1. The van der Waals surface area contributed by atoms with Crippen LogP contribution in [0.3, 0.4) is 0 Å². The first kappa shape index (κ1) is 16.1. The molecule has 0 heterocycles. The zero-order valence-corrected chi connectivity index (χ0v) is 15.0. The number of amides is 1. The summed E-state index contributed by atoms with van der Waals surface area (Å²) in [7, 11) is 2.05. The van der Waals surface area contributed by atoms with Gasteiger partial charge in [-0.15, -0.1) is 0 Å². The van der Waals surface area contributed by atoms with Gasteiger partial charge >= 0.3 is 0 Å². The molecule has 5 rings (SSSR count). The minimum absolute atomic E-state index is 0.0850. The molecule has 1 aromatic rings. The summed E-state index contributed by atoms with van der Waals surface area (Å²) in [6.07, 6.45) is 7.91. The molecule has 1 aromatic carbocycles. The molecule has 0 aromatic heterocycles. The maximum absolute atomic E-state index is 12.9. The van der Waals surface area contributed by atoms with Gasteiger partial charge in [0.1, 0.15) is 0 Å². The van der Waals surface area contributed by atoms with Gasteiger partial charge in [0.15, 0.2) is 0 Å². The van der Waals surface area contributed by atoms with Crippen LogP contribution in [0.15, 0.2) is 30.3 Å². The SMILES string of the molecule is C[C@@H](C(=O)NC12CC3CC(CC(C3)C1)C2)N(C)Cc1ccccc1. The lowest BCUT2D eigenvalue weighted by molar-refractivity contribution is -0.131. The van der Waals surface area contributed by atoms with Gasteiger partial charge in [-0.25, -0.2) is 0 Å². The number of rotatable bonds is 5. The Hall–Kier alpha value is -1.35. The summed E-state index contributed by atoms with van der Waals surface area (Å²) in [6.45, 7) is 2.86. The summed E-state index contributed by atoms with van der Waals surface area (Å²) < 4.78 is 0. The Morgan fingerprint density at radius 2 is 1.67 bits per heavy atom. The largest absolute Gasteiger partial charge is 0.349 e. The van der Waals surface area contributed by atoms with Gasteiger partial charge in [0, 0.05) is 12.1 Å². The quantitative estimate of drug-likeness (QED) is 0.897. The second kappa shape index (κ2) is 6.18. The number of hydrogen-bond acceptors (Lipinski definition) is 2. The summed E-state index contributed by atoms with van der Waals surface area (Å²) >= 11 is 0. The molecule has 4 bridgehead atoms. The van der Waals surface area contributed by atoms with Crippen molar-refractivity contribution in [1.29, 1.82) is 0 Å². The van der Waals surface area contributed by atoms with Gasteiger partial charge in [-0.3, -0.25) is 9.69 Å². The van der Waals surface area contributed by atoms with Crippen molar-refractivity contribution >= 4 is 5.91 Å². The molecule has 3 nitrogen and oxygen atoms in total. The van der Waals surface area contributed by atoms with E-state index in [2.05, 4.69) is 41.5 Å². The highest BCUT2D eigenvalue weighted by molar-refractivity contribution is 5.82. The van der Waals surface area contributed by atoms with E-state index in [4.69, 9.17) is 0 Å². The van der Waals surface area contributed by atoms with Crippen LogP contribution in [0.4, 0.5) is 0 Å². The molecule has 1 amide bonds. The predicted octanol–water partition coefficient (Wildman–Crippen LogP) is 3.59. The molecule has 1 atom stereocenters. The number of carbonyl (C=O) groups is 1. The first-order valence-corrected chi connectivity index (χ1v) is 9.59. The minimum Gasteiger partial charge on any atom is -0.349 e. The van der Waals surface area contributed by atoms with Gasteiger partial charge in [-0.2, -0.15) is 0 Å². The lowest BCUT2D eigenvalue weighted by Gasteiger charge is -2.57. The Morgan fingerprint density at radius 3 is 2.21 bits per heavy atom. The molecule has 0 radical (unpaired) electrons. The first-order valence-electron chi connectivity index (χ1n) is 9.59. The van der Waals surface area contributed by atoms with Crippen molar-refractivity contribution in [3.63, 3.8) is 0 Å². The average Bonchev–Trinajstić information content (AvgIpc) is 2.53. The Morgan fingerprint density at radius 1 is 1.12 bits per heavy atom. The van der Waals surface area contributed by atoms with Gasteiger partial charge in [0.2, 0.25) is 5.91 Å². The van der Waals surface area contributed by atoms with E-state index >= 15 is 0 Å². The van der Waals surface area contributed by atoms with Gasteiger partial charge < -0.3 is 5.32 Å². The molecule has 4 aliphatic carbocycles. The molecule has 130 valence electrons. The van der Waals surface area contributed by atoms with Gasteiger partial charge in [0.25, 0.3) is 0 Å². The van der Waals surface area contributed by atoms with Crippen molar-refractivity contribution in [2.75, 3.05) is 7.05 Å². The lowest BCUT2D eigenvalue weighted by Crippen LogP contribution is -2.62. The van der Waals surface area contributed by atoms with Crippen molar-refractivity contribution in [1.82, 2.24) is 10.2 Å². The molecular weight excluding hydrogens is 296 g/mol. The van der Waals surface area contributed by atoms with Crippen LogP contribution in [0, 0.1) is 17.8 Å². The summed E-state index contributed by atoms with van der Waals surface area (Å²) in [5.74, 6) is 2.83. The van der Waals surface area contributed by atoms with Crippen molar-refractivity contribution in [2.45, 2.75) is 63.6 Å². The standard InChI is InChI=1S/C21H30N2O/c1-15(23(2)14-16-6-4-3-5-7-16)20(24)22-21-11-17-8-18(12-21)10-19(9-17)13-21/h3-7,15,17-19H,8-14H2,1-2H3,(H,22,24)/t15-,17?,18?,19?,21?/m0/s1. The lowest BCUT2D eigenvalue weighted by atomic mass is 9.53. The maximum Gasteiger partial charge on any atom is 0.237 e. The highest BCUT2D eigenvalue weighted by atomic mass is 16.2. The molecule has 0 spiro atoms. The summed E-state index contributed by atoms with van der Waals surface area (Å²) in [5.41, 5.74) is 1.38.